The maximum Gasteiger partial charge on any atom is 0.253 e. The van der Waals surface area contributed by atoms with Crippen molar-refractivity contribution >= 4 is 50.1 Å². The molecule has 1 aromatic carbocycles. The number of pyridine rings is 1. The Bertz CT molecular complexity index is 890. The highest BCUT2D eigenvalue weighted by Crippen LogP contribution is 2.36. The van der Waals surface area contributed by atoms with Gasteiger partial charge in [0.25, 0.3) is 5.56 Å². The lowest BCUT2D eigenvalue weighted by molar-refractivity contribution is 0.946. The molecule has 21 heavy (non-hydrogen) atoms. The number of halogens is 1. The monoisotopic (exact) mass is 363 g/mol. The number of aromatic nitrogens is 3. The van der Waals surface area contributed by atoms with E-state index in [1.54, 1.807) is 6.20 Å². The zero-order valence-electron chi connectivity index (χ0n) is 10.6. The van der Waals surface area contributed by atoms with E-state index in [4.69, 9.17) is 11.5 Å². The van der Waals surface area contributed by atoms with Crippen LogP contribution in [0.3, 0.4) is 0 Å². The summed E-state index contributed by atoms with van der Waals surface area (Å²) in [6, 6.07) is 6.94. The molecular weight excluding hydrogens is 354 g/mol. The summed E-state index contributed by atoms with van der Waals surface area (Å²) in [5.74, 6) is 0.166. The molecule has 8 heteroatoms. The van der Waals surface area contributed by atoms with Gasteiger partial charge in [0.15, 0.2) is 5.16 Å². The van der Waals surface area contributed by atoms with Crippen molar-refractivity contribution in [2.75, 3.05) is 11.5 Å². The average Bonchev–Trinajstić information content (AvgIpc) is 2.41. The Kier molecular flexibility index (Phi) is 3.56. The summed E-state index contributed by atoms with van der Waals surface area (Å²) in [5, 5.41) is 1.26. The van der Waals surface area contributed by atoms with Crippen LogP contribution < -0.4 is 17.0 Å². The molecule has 0 spiro atoms. The van der Waals surface area contributed by atoms with Gasteiger partial charge >= 0.3 is 0 Å². The summed E-state index contributed by atoms with van der Waals surface area (Å²) in [6.07, 6.45) is 1.59. The van der Waals surface area contributed by atoms with E-state index in [2.05, 4.69) is 30.9 Å². The van der Waals surface area contributed by atoms with Crippen LogP contribution in [-0.2, 0) is 0 Å². The Morgan fingerprint density at radius 1 is 1.24 bits per heavy atom. The van der Waals surface area contributed by atoms with Crippen LogP contribution in [0.4, 0.5) is 11.5 Å². The molecule has 106 valence electrons. The number of hydrogen-bond donors (Lipinski definition) is 3. The van der Waals surface area contributed by atoms with Crippen molar-refractivity contribution in [3.05, 3.63) is 45.3 Å². The average molecular weight is 364 g/mol. The molecule has 0 bridgehead atoms. The van der Waals surface area contributed by atoms with E-state index in [1.807, 2.05) is 18.2 Å². The zero-order valence-corrected chi connectivity index (χ0v) is 13.0. The highest BCUT2D eigenvalue weighted by atomic mass is 79.9. The van der Waals surface area contributed by atoms with Crippen molar-refractivity contribution in [1.29, 1.82) is 0 Å². The molecule has 0 saturated carbocycles. The number of anilines is 2. The fourth-order valence-electron chi connectivity index (χ4n) is 1.87. The Labute approximate surface area is 132 Å². The van der Waals surface area contributed by atoms with E-state index in [-0.39, 0.29) is 11.4 Å². The van der Waals surface area contributed by atoms with Gasteiger partial charge in [0.05, 0.1) is 17.4 Å². The minimum Gasteiger partial charge on any atom is -0.397 e. The summed E-state index contributed by atoms with van der Waals surface area (Å²) in [5.41, 5.74) is 12.6. The highest BCUT2D eigenvalue weighted by molar-refractivity contribution is 9.10. The van der Waals surface area contributed by atoms with E-state index in [0.29, 0.717) is 10.8 Å². The summed E-state index contributed by atoms with van der Waals surface area (Å²) in [7, 11) is 0. The third-order valence-electron chi connectivity index (χ3n) is 2.75. The Hall–Kier alpha value is -2.06. The molecule has 5 N–H and O–H groups in total. The molecule has 0 radical (unpaired) electrons. The van der Waals surface area contributed by atoms with E-state index < -0.39 is 0 Å². The van der Waals surface area contributed by atoms with E-state index in [9.17, 15) is 4.79 Å². The molecule has 0 unspecified atom stereocenters. The quantitative estimate of drug-likeness (QED) is 0.602. The van der Waals surface area contributed by atoms with Crippen LogP contribution in [0.25, 0.3) is 10.9 Å². The molecule has 0 fully saturated rings. The van der Waals surface area contributed by atoms with Crippen molar-refractivity contribution in [2.45, 2.75) is 10.1 Å². The molecule has 6 nitrogen and oxygen atoms in total. The molecule has 0 atom stereocenters. The number of fused-ring (bicyclic) bond motifs is 1. The van der Waals surface area contributed by atoms with Crippen LogP contribution in [-0.4, -0.2) is 15.0 Å². The molecule has 0 aliphatic heterocycles. The number of H-pyrrole nitrogens is 1. The van der Waals surface area contributed by atoms with Gasteiger partial charge in [0.1, 0.15) is 5.82 Å². The number of rotatable bonds is 2. The first-order valence-electron chi connectivity index (χ1n) is 5.91. The number of benzene rings is 1. The molecule has 2 heterocycles. The van der Waals surface area contributed by atoms with Crippen LogP contribution in [0, 0.1) is 0 Å². The predicted octanol–water partition coefficient (Wildman–Crippen LogP) is 2.40. The number of nitrogens with one attached hydrogen (secondary N) is 1. The van der Waals surface area contributed by atoms with Gasteiger partial charge in [-0.15, -0.1) is 0 Å². The summed E-state index contributed by atoms with van der Waals surface area (Å²) < 4.78 is 0.915. The second kappa shape index (κ2) is 5.38. The summed E-state index contributed by atoms with van der Waals surface area (Å²) >= 11 is 4.68. The Morgan fingerprint density at radius 3 is 2.81 bits per heavy atom. The molecule has 0 aliphatic carbocycles. The largest absolute Gasteiger partial charge is 0.397 e. The van der Waals surface area contributed by atoms with Crippen LogP contribution in [0.15, 0.2) is 49.8 Å². The maximum absolute atomic E-state index is 11.5. The van der Waals surface area contributed by atoms with Crippen LogP contribution in [0.2, 0.25) is 0 Å². The van der Waals surface area contributed by atoms with Crippen LogP contribution >= 0.6 is 27.7 Å². The first-order chi connectivity index (χ1) is 10.0. The standard InChI is InChI=1S/C13H10BrN5OS/c14-6-1-2-9-7(3-6)12(8(15)5-17-9)21-13-18-10(16)4-11(20)19-13/h1-5H,15H2,(H3,16,18,19,20). The third kappa shape index (κ3) is 2.86. The van der Waals surface area contributed by atoms with Gasteiger partial charge in [-0.2, -0.15) is 0 Å². The van der Waals surface area contributed by atoms with Crippen molar-refractivity contribution in [3.8, 4) is 0 Å². The van der Waals surface area contributed by atoms with E-state index >= 15 is 0 Å². The number of hydrogen-bond acceptors (Lipinski definition) is 6. The molecule has 0 saturated heterocycles. The van der Waals surface area contributed by atoms with E-state index in [0.717, 1.165) is 20.3 Å². The van der Waals surface area contributed by atoms with Crippen molar-refractivity contribution in [3.63, 3.8) is 0 Å². The fraction of sp³-hybridized carbons (Fsp3) is 0. The van der Waals surface area contributed by atoms with Gasteiger partial charge in [-0.3, -0.25) is 9.78 Å². The second-order valence-electron chi connectivity index (χ2n) is 4.28. The van der Waals surface area contributed by atoms with E-state index in [1.165, 1.54) is 17.8 Å². The summed E-state index contributed by atoms with van der Waals surface area (Å²) in [4.78, 5) is 23.2. The fourth-order valence-corrected chi connectivity index (χ4v) is 3.17. The Morgan fingerprint density at radius 2 is 2.05 bits per heavy atom. The lowest BCUT2D eigenvalue weighted by atomic mass is 10.2. The molecular formula is C13H10BrN5OS. The van der Waals surface area contributed by atoms with Gasteiger partial charge in [0, 0.05) is 20.8 Å². The topological polar surface area (TPSA) is 111 Å². The second-order valence-corrected chi connectivity index (χ2v) is 6.20. The van der Waals surface area contributed by atoms with Crippen molar-refractivity contribution < 1.29 is 0 Å². The minimum atomic E-state index is -0.303. The van der Waals surface area contributed by atoms with Gasteiger partial charge in [0.2, 0.25) is 0 Å². The SMILES string of the molecule is Nc1cc(=O)[nH]c(Sc2c(N)cnc3ccc(Br)cc23)n1. The van der Waals surface area contributed by atoms with Gasteiger partial charge in [-0.1, -0.05) is 15.9 Å². The van der Waals surface area contributed by atoms with Gasteiger partial charge in [-0.25, -0.2) is 4.98 Å². The first-order valence-corrected chi connectivity index (χ1v) is 7.52. The molecule has 3 aromatic rings. The van der Waals surface area contributed by atoms with Gasteiger partial charge in [-0.05, 0) is 30.0 Å². The highest BCUT2D eigenvalue weighted by Gasteiger charge is 2.11. The first kappa shape index (κ1) is 13.9. The normalized spacial score (nSPS) is 10.9. The minimum absolute atomic E-state index is 0.166. The van der Waals surface area contributed by atoms with Gasteiger partial charge < -0.3 is 16.5 Å². The zero-order chi connectivity index (χ0) is 15.0. The molecule has 3 rings (SSSR count). The van der Waals surface area contributed by atoms with Crippen molar-refractivity contribution in [2.24, 2.45) is 0 Å². The smallest absolute Gasteiger partial charge is 0.253 e. The lowest BCUT2D eigenvalue weighted by Crippen LogP contribution is -2.09. The number of aromatic amines is 1. The maximum atomic E-state index is 11.5. The lowest BCUT2D eigenvalue weighted by Gasteiger charge is -2.09. The number of nitrogens with zero attached hydrogens (tertiary/aromatic N) is 2. The van der Waals surface area contributed by atoms with Crippen molar-refractivity contribution in [1.82, 2.24) is 15.0 Å². The summed E-state index contributed by atoms with van der Waals surface area (Å²) in [6.45, 7) is 0. The number of nitrogen functional groups attached to an aromatic ring is 2. The van der Waals surface area contributed by atoms with Crippen LogP contribution in [0.5, 0.6) is 0 Å². The molecule has 0 amide bonds. The predicted molar refractivity (Wildman–Crippen MR) is 87.2 cm³/mol. The molecule has 0 aliphatic rings. The number of nitrogens with two attached hydrogens (primary N) is 2. The third-order valence-corrected chi connectivity index (χ3v) is 4.29. The van der Waals surface area contributed by atoms with Crippen LogP contribution in [0.1, 0.15) is 0 Å². The molecule has 2 aromatic heterocycles. The Balaban J connectivity index is 2.17.